The van der Waals surface area contributed by atoms with Gasteiger partial charge in [0.2, 0.25) is 0 Å². The van der Waals surface area contributed by atoms with Crippen LogP contribution in [0.5, 0.6) is 5.75 Å². The molecule has 0 N–H and O–H groups in total. The van der Waals surface area contributed by atoms with Crippen molar-refractivity contribution in [2.45, 2.75) is 32.0 Å². The number of fused-ring (bicyclic) bond motifs is 1. The molecule has 23 heavy (non-hydrogen) atoms. The standard InChI is InChI=1S/C18H24N2O3/c1-12(2)11-19-17-15(9-10-16(17)23-4)20(18(19)21)13-5-7-14(22-3)8-6-13/h5-10,12,15-17H,11H2,1-4H3/t15-,16-,17-/m1/s1. The third kappa shape index (κ3) is 2.70. The molecule has 0 unspecified atom stereocenters. The molecule has 1 fully saturated rings. The van der Waals surface area contributed by atoms with Crippen molar-refractivity contribution in [3.05, 3.63) is 36.4 Å². The summed E-state index contributed by atoms with van der Waals surface area (Å²) in [5.74, 6) is 1.20. The highest BCUT2D eigenvalue weighted by Crippen LogP contribution is 2.37. The summed E-state index contributed by atoms with van der Waals surface area (Å²) in [6, 6.07) is 7.73. The van der Waals surface area contributed by atoms with Crippen LogP contribution in [0.1, 0.15) is 13.8 Å². The first-order valence-corrected chi connectivity index (χ1v) is 8.01. The van der Waals surface area contributed by atoms with Crippen molar-refractivity contribution in [1.29, 1.82) is 0 Å². The molecule has 124 valence electrons. The van der Waals surface area contributed by atoms with Crippen LogP contribution < -0.4 is 9.64 Å². The number of anilines is 1. The van der Waals surface area contributed by atoms with E-state index in [9.17, 15) is 4.79 Å². The maximum absolute atomic E-state index is 13.0. The normalized spacial score (nSPS) is 26.3. The molecule has 1 aliphatic heterocycles. The highest BCUT2D eigenvalue weighted by Gasteiger charge is 2.51. The van der Waals surface area contributed by atoms with Crippen LogP contribution in [0.3, 0.4) is 0 Å². The lowest BCUT2D eigenvalue weighted by atomic mass is 10.1. The molecule has 1 saturated heterocycles. The molecule has 0 aromatic heterocycles. The van der Waals surface area contributed by atoms with Gasteiger partial charge in [0.05, 0.1) is 25.3 Å². The second-order valence-corrected chi connectivity index (χ2v) is 6.46. The Labute approximate surface area is 137 Å². The van der Waals surface area contributed by atoms with E-state index in [0.29, 0.717) is 5.92 Å². The first-order valence-electron chi connectivity index (χ1n) is 8.01. The van der Waals surface area contributed by atoms with Crippen LogP contribution in [-0.4, -0.2) is 49.9 Å². The zero-order valence-electron chi connectivity index (χ0n) is 14.1. The van der Waals surface area contributed by atoms with E-state index in [0.717, 1.165) is 18.0 Å². The van der Waals surface area contributed by atoms with Gasteiger partial charge >= 0.3 is 6.03 Å². The third-order valence-electron chi connectivity index (χ3n) is 4.48. The van der Waals surface area contributed by atoms with Gasteiger partial charge in [-0.1, -0.05) is 26.0 Å². The molecule has 2 aliphatic rings. The summed E-state index contributed by atoms with van der Waals surface area (Å²) >= 11 is 0. The van der Waals surface area contributed by atoms with Crippen LogP contribution in [-0.2, 0) is 4.74 Å². The zero-order valence-corrected chi connectivity index (χ0v) is 14.1. The maximum atomic E-state index is 13.0. The molecule has 2 amide bonds. The number of rotatable bonds is 5. The lowest BCUT2D eigenvalue weighted by Crippen LogP contribution is -2.44. The molecular weight excluding hydrogens is 292 g/mol. The number of carbonyl (C=O) groups is 1. The van der Waals surface area contributed by atoms with Gasteiger partial charge in [-0.15, -0.1) is 0 Å². The van der Waals surface area contributed by atoms with Gasteiger partial charge in [-0.2, -0.15) is 0 Å². The van der Waals surface area contributed by atoms with Crippen molar-refractivity contribution in [3.63, 3.8) is 0 Å². The van der Waals surface area contributed by atoms with E-state index in [1.54, 1.807) is 14.2 Å². The quantitative estimate of drug-likeness (QED) is 0.784. The first kappa shape index (κ1) is 15.9. The molecule has 3 atom stereocenters. The van der Waals surface area contributed by atoms with Gasteiger partial charge < -0.3 is 14.4 Å². The maximum Gasteiger partial charge on any atom is 0.325 e. The average Bonchev–Trinajstić information content (AvgIpc) is 3.06. The monoisotopic (exact) mass is 316 g/mol. The van der Waals surface area contributed by atoms with E-state index in [-0.39, 0.29) is 24.2 Å². The Morgan fingerprint density at radius 2 is 1.83 bits per heavy atom. The minimum absolute atomic E-state index is 0.0135. The number of ether oxygens (including phenoxy) is 2. The molecule has 3 rings (SSSR count). The molecule has 1 heterocycles. The summed E-state index contributed by atoms with van der Waals surface area (Å²) in [5.41, 5.74) is 0.887. The SMILES string of the molecule is COc1ccc(N2C(=O)N(CC(C)C)[C@@H]3[C@H]2C=C[C@H]3OC)cc1. The number of urea groups is 1. The van der Waals surface area contributed by atoms with Crippen molar-refractivity contribution >= 4 is 11.7 Å². The molecule has 5 nitrogen and oxygen atoms in total. The number of nitrogens with zero attached hydrogens (tertiary/aromatic N) is 2. The number of benzene rings is 1. The molecule has 0 bridgehead atoms. The summed E-state index contributed by atoms with van der Waals surface area (Å²) in [6.45, 7) is 4.99. The van der Waals surface area contributed by atoms with Crippen LogP contribution in [0.15, 0.2) is 36.4 Å². The minimum Gasteiger partial charge on any atom is -0.497 e. The third-order valence-corrected chi connectivity index (χ3v) is 4.48. The Morgan fingerprint density at radius 1 is 1.13 bits per heavy atom. The van der Waals surface area contributed by atoms with E-state index in [1.807, 2.05) is 34.1 Å². The van der Waals surface area contributed by atoms with Gasteiger partial charge in [0.15, 0.2) is 0 Å². The predicted molar refractivity (Wildman–Crippen MR) is 89.9 cm³/mol. The van der Waals surface area contributed by atoms with Gasteiger partial charge in [0.25, 0.3) is 0 Å². The molecule has 0 spiro atoms. The van der Waals surface area contributed by atoms with Gasteiger partial charge in [-0.3, -0.25) is 4.90 Å². The highest BCUT2D eigenvalue weighted by atomic mass is 16.5. The Balaban J connectivity index is 1.93. The minimum atomic E-state index is -0.0500. The molecule has 0 radical (unpaired) electrons. The Hall–Kier alpha value is -2.01. The summed E-state index contributed by atoms with van der Waals surface area (Å²) in [4.78, 5) is 16.8. The summed E-state index contributed by atoms with van der Waals surface area (Å²) in [6.07, 6.45) is 4.10. The Bertz CT molecular complexity index is 597. The Kier molecular flexibility index (Phi) is 4.31. The molecule has 1 aliphatic carbocycles. The Morgan fingerprint density at radius 3 is 2.39 bits per heavy atom. The molecule has 1 aromatic rings. The fraction of sp³-hybridized carbons (Fsp3) is 0.500. The fourth-order valence-electron chi connectivity index (χ4n) is 3.48. The topological polar surface area (TPSA) is 42.0 Å². The van der Waals surface area contributed by atoms with E-state index >= 15 is 0 Å². The lowest BCUT2D eigenvalue weighted by Gasteiger charge is -2.28. The molecule has 5 heteroatoms. The molecular formula is C18H24N2O3. The lowest BCUT2D eigenvalue weighted by molar-refractivity contribution is 0.0738. The largest absolute Gasteiger partial charge is 0.497 e. The zero-order chi connectivity index (χ0) is 16.6. The number of hydrogen-bond acceptors (Lipinski definition) is 3. The van der Waals surface area contributed by atoms with Crippen molar-refractivity contribution in [2.75, 3.05) is 25.7 Å². The molecule has 1 aromatic carbocycles. The predicted octanol–water partition coefficient (Wildman–Crippen LogP) is 2.92. The average molecular weight is 316 g/mol. The van der Waals surface area contributed by atoms with E-state index < -0.39 is 0 Å². The van der Waals surface area contributed by atoms with Crippen LogP contribution >= 0.6 is 0 Å². The van der Waals surface area contributed by atoms with Crippen LogP contribution in [0.2, 0.25) is 0 Å². The van der Waals surface area contributed by atoms with Crippen LogP contribution in [0.25, 0.3) is 0 Å². The number of methoxy groups -OCH3 is 2. The highest BCUT2D eigenvalue weighted by molar-refractivity contribution is 5.96. The number of amides is 2. The van der Waals surface area contributed by atoms with E-state index in [4.69, 9.17) is 9.47 Å². The van der Waals surface area contributed by atoms with Gasteiger partial charge in [-0.25, -0.2) is 4.79 Å². The smallest absolute Gasteiger partial charge is 0.325 e. The molecule has 0 saturated carbocycles. The second kappa shape index (κ2) is 6.24. The fourth-order valence-corrected chi connectivity index (χ4v) is 3.48. The summed E-state index contributed by atoms with van der Waals surface area (Å²) in [7, 11) is 3.34. The van der Waals surface area contributed by atoms with E-state index in [1.165, 1.54) is 0 Å². The van der Waals surface area contributed by atoms with Crippen LogP contribution in [0, 0.1) is 5.92 Å². The van der Waals surface area contributed by atoms with Crippen molar-refractivity contribution in [2.24, 2.45) is 5.92 Å². The van der Waals surface area contributed by atoms with Crippen molar-refractivity contribution in [1.82, 2.24) is 4.90 Å². The van der Waals surface area contributed by atoms with Gasteiger partial charge in [0, 0.05) is 19.3 Å². The van der Waals surface area contributed by atoms with E-state index in [2.05, 4.69) is 26.0 Å². The summed E-state index contributed by atoms with van der Waals surface area (Å²) < 4.78 is 10.8. The van der Waals surface area contributed by atoms with Crippen molar-refractivity contribution < 1.29 is 14.3 Å². The first-order chi connectivity index (χ1) is 11.1. The number of carbonyl (C=O) groups excluding carboxylic acids is 1. The van der Waals surface area contributed by atoms with Gasteiger partial charge in [-0.05, 0) is 30.2 Å². The second-order valence-electron chi connectivity index (χ2n) is 6.46. The van der Waals surface area contributed by atoms with Gasteiger partial charge in [0.1, 0.15) is 5.75 Å². The summed E-state index contributed by atoms with van der Waals surface area (Å²) in [5, 5.41) is 0. The van der Waals surface area contributed by atoms with Crippen LogP contribution in [0.4, 0.5) is 10.5 Å². The number of hydrogen-bond donors (Lipinski definition) is 0. The van der Waals surface area contributed by atoms with Crippen molar-refractivity contribution in [3.8, 4) is 5.75 Å².